The van der Waals surface area contributed by atoms with Crippen LogP contribution in [0.5, 0.6) is 0 Å². The van der Waals surface area contributed by atoms with Crippen LogP contribution in [0.4, 0.5) is 10.2 Å². The Balaban J connectivity index is 1.51. The van der Waals surface area contributed by atoms with E-state index in [4.69, 9.17) is 5.10 Å². The number of aryl methyl sites for hydroxylation is 1. The molecule has 2 N–H and O–H groups in total. The standard InChI is InChI=1S/C19H19FN8/c1-27-11-12(7-23-27)14-5-6-19-22-10-17(28(19)26-14)15-3-2-4-18(24-15)25-16-9-21-8-13(16)20/h2-7,10-11,13,16,21H,8-9H2,1H3,(H,24,25)/t13-,16-/m0/s1. The van der Waals surface area contributed by atoms with Crippen LogP contribution in [-0.4, -0.2) is 54.7 Å². The van der Waals surface area contributed by atoms with Crippen LogP contribution in [0.25, 0.3) is 28.3 Å². The maximum absolute atomic E-state index is 13.9. The van der Waals surface area contributed by atoms with Gasteiger partial charge in [0.1, 0.15) is 17.7 Å². The molecule has 4 aromatic rings. The Labute approximate surface area is 160 Å². The molecule has 2 atom stereocenters. The number of hydrogen-bond acceptors (Lipinski definition) is 6. The van der Waals surface area contributed by atoms with E-state index in [1.54, 1.807) is 21.6 Å². The molecule has 0 bridgehead atoms. The monoisotopic (exact) mass is 378 g/mol. The highest BCUT2D eigenvalue weighted by Crippen LogP contribution is 2.23. The van der Waals surface area contributed by atoms with Crippen LogP contribution in [-0.2, 0) is 7.05 Å². The molecule has 8 nitrogen and oxygen atoms in total. The number of pyridine rings is 1. The van der Waals surface area contributed by atoms with Crippen molar-refractivity contribution in [2.24, 2.45) is 7.05 Å². The summed E-state index contributed by atoms with van der Waals surface area (Å²) in [5, 5.41) is 15.1. The topological polar surface area (TPSA) is 85.0 Å². The largest absolute Gasteiger partial charge is 0.363 e. The molecule has 1 fully saturated rings. The fourth-order valence-electron chi connectivity index (χ4n) is 3.39. The van der Waals surface area contributed by atoms with Gasteiger partial charge in [0.15, 0.2) is 5.65 Å². The van der Waals surface area contributed by atoms with Crippen LogP contribution in [0.2, 0.25) is 0 Å². The van der Waals surface area contributed by atoms with Crippen LogP contribution in [0.3, 0.4) is 0 Å². The van der Waals surface area contributed by atoms with Crippen molar-refractivity contribution in [2.75, 3.05) is 18.4 Å². The Morgan fingerprint density at radius 2 is 2.07 bits per heavy atom. The molecule has 1 aliphatic rings. The second kappa shape index (κ2) is 6.68. The van der Waals surface area contributed by atoms with Gasteiger partial charge in [0.05, 0.1) is 29.8 Å². The molecule has 5 heterocycles. The highest BCUT2D eigenvalue weighted by atomic mass is 19.1. The third-order valence-corrected chi connectivity index (χ3v) is 4.85. The molecule has 0 unspecified atom stereocenters. The molecule has 1 aliphatic heterocycles. The van der Waals surface area contributed by atoms with Crippen molar-refractivity contribution in [3.8, 4) is 22.6 Å². The summed E-state index contributed by atoms with van der Waals surface area (Å²) in [6.07, 6.45) is 4.51. The normalized spacial score (nSPS) is 19.4. The van der Waals surface area contributed by atoms with E-state index in [0.717, 1.165) is 28.3 Å². The van der Waals surface area contributed by atoms with Gasteiger partial charge in [-0.15, -0.1) is 0 Å². The third kappa shape index (κ3) is 2.99. The Morgan fingerprint density at radius 3 is 2.86 bits per heavy atom. The van der Waals surface area contributed by atoms with E-state index in [2.05, 4.69) is 25.7 Å². The maximum Gasteiger partial charge on any atom is 0.154 e. The number of hydrogen-bond donors (Lipinski definition) is 2. The number of alkyl halides is 1. The number of rotatable bonds is 4. The first-order chi connectivity index (χ1) is 13.7. The minimum atomic E-state index is -0.926. The average Bonchev–Trinajstić information content (AvgIpc) is 3.42. The Morgan fingerprint density at radius 1 is 1.14 bits per heavy atom. The summed E-state index contributed by atoms with van der Waals surface area (Å²) in [6.45, 7) is 0.949. The van der Waals surface area contributed by atoms with E-state index in [9.17, 15) is 4.39 Å². The Hall–Kier alpha value is -3.33. The molecule has 1 saturated heterocycles. The Bertz CT molecular complexity index is 1130. The molecule has 9 heteroatoms. The van der Waals surface area contributed by atoms with E-state index < -0.39 is 6.17 Å². The smallest absolute Gasteiger partial charge is 0.154 e. The van der Waals surface area contributed by atoms with Gasteiger partial charge in [-0.2, -0.15) is 10.2 Å². The molecule has 0 saturated carbocycles. The molecule has 0 aromatic carbocycles. The molecule has 0 amide bonds. The highest BCUT2D eigenvalue weighted by molar-refractivity contribution is 5.64. The molecule has 0 aliphatic carbocycles. The first kappa shape index (κ1) is 16.8. The van der Waals surface area contributed by atoms with Crippen molar-refractivity contribution in [1.29, 1.82) is 0 Å². The van der Waals surface area contributed by atoms with Crippen molar-refractivity contribution in [2.45, 2.75) is 12.2 Å². The van der Waals surface area contributed by atoms with E-state index in [-0.39, 0.29) is 6.04 Å². The third-order valence-electron chi connectivity index (χ3n) is 4.85. The molecule has 0 spiro atoms. The maximum atomic E-state index is 13.9. The first-order valence-corrected chi connectivity index (χ1v) is 9.10. The summed E-state index contributed by atoms with van der Waals surface area (Å²) in [4.78, 5) is 9.08. The fourth-order valence-corrected chi connectivity index (χ4v) is 3.39. The van der Waals surface area contributed by atoms with Gasteiger partial charge < -0.3 is 10.6 Å². The average molecular weight is 378 g/mol. The van der Waals surface area contributed by atoms with E-state index >= 15 is 0 Å². The quantitative estimate of drug-likeness (QED) is 0.564. The highest BCUT2D eigenvalue weighted by Gasteiger charge is 2.26. The SMILES string of the molecule is Cn1cc(-c2ccc3ncc(-c4cccc(N[C@H]5CNC[C@@H]5F)n4)n3n2)cn1. The van der Waals surface area contributed by atoms with E-state index in [1.807, 2.05) is 43.6 Å². The summed E-state index contributed by atoms with van der Waals surface area (Å²) < 4.78 is 17.4. The molecule has 5 rings (SSSR count). The van der Waals surface area contributed by atoms with Crippen molar-refractivity contribution in [3.05, 3.63) is 48.9 Å². The number of halogens is 1. The number of nitrogens with zero attached hydrogens (tertiary/aromatic N) is 6. The van der Waals surface area contributed by atoms with Gasteiger partial charge in [-0.25, -0.2) is 18.9 Å². The zero-order chi connectivity index (χ0) is 19.1. The van der Waals surface area contributed by atoms with Crippen LogP contribution in [0.15, 0.2) is 48.9 Å². The number of nitrogens with one attached hydrogen (secondary N) is 2. The summed E-state index contributed by atoms with van der Waals surface area (Å²) in [5.41, 5.74) is 3.94. The van der Waals surface area contributed by atoms with Crippen LogP contribution in [0.1, 0.15) is 0 Å². The van der Waals surface area contributed by atoms with Gasteiger partial charge in [0, 0.05) is 31.9 Å². The second-order valence-corrected chi connectivity index (χ2v) is 6.87. The van der Waals surface area contributed by atoms with Gasteiger partial charge in [-0.1, -0.05) is 6.07 Å². The molecule has 28 heavy (non-hydrogen) atoms. The zero-order valence-electron chi connectivity index (χ0n) is 15.2. The molecular weight excluding hydrogens is 359 g/mol. The number of imidazole rings is 1. The molecule has 142 valence electrons. The number of fused-ring (bicyclic) bond motifs is 1. The number of anilines is 1. The zero-order valence-corrected chi connectivity index (χ0v) is 15.2. The summed E-state index contributed by atoms with van der Waals surface area (Å²) in [7, 11) is 1.87. The Kier molecular flexibility index (Phi) is 4.01. The summed E-state index contributed by atoms with van der Waals surface area (Å²) in [6, 6.07) is 9.19. The van der Waals surface area contributed by atoms with Gasteiger partial charge in [-0.3, -0.25) is 4.68 Å². The second-order valence-electron chi connectivity index (χ2n) is 6.87. The lowest BCUT2D eigenvalue weighted by atomic mass is 10.2. The van der Waals surface area contributed by atoms with Gasteiger partial charge in [0.2, 0.25) is 0 Å². The van der Waals surface area contributed by atoms with Crippen LogP contribution < -0.4 is 10.6 Å². The molecule has 4 aromatic heterocycles. The minimum Gasteiger partial charge on any atom is -0.363 e. The van der Waals surface area contributed by atoms with Gasteiger partial charge in [-0.05, 0) is 24.3 Å². The summed E-state index contributed by atoms with van der Waals surface area (Å²) in [5.74, 6) is 0.632. The van der Waals surface area contributed by atoms with Crippen LogP contribution >= 0.6 is 0 Å². The van der Waals surface area contributed by atoms with E-state index in [0.29, 0.717) is 18.9 Å². The predicted molar refractivity (Wildman–Crippen MR) is 104 cm³/mol. The predicted octanol–water partition coefficient (Wildman–Crippen LogP) is 1.91. The minimum absolute atomic E-state index is 0.278. The fraction of sp³-hybridized carbons (Fsp3) is 0.263. The lowest BCUT2D eigenvalue weighted by Crippen LogP contribution is -2.29. The van der Waals surface area contributed by atoms with Crippen molar-refractivity contribution in [3.63, 3.8) is 0 Å². The lowest BCUT2D eigenvalue weighted by Gasteiger charge is -2.15. The van der Waals surface area contributed by atoms with Crippen molar-refractivity contribution < 1.29 is 4.39 Å². The summed E-state index contributed by atoms with van der Waals surface area (Å²) >= 11 is 0. The lowest BCUT2D eigenvalue weighted by molar-refractivity contribution is 0.342. The van der Waals surface area contributed by atoms with Crippen molar-refractivity contribution >= 4 is 11.5 Å². The van der Waals surface area contributed by atoms with Gasteiger partial charge in [0.25, 0.3) is 0 Å². The number of aromatic nitrogens is 6. The van der Waals surface area contributed by atoms with Crippen molar-refractivity contribution in [1.82, 2.24) is 34.7 Å². The first-order valence-electron chi connectivity index (χ1n) is 9.10. The molecule has 0 radical (unpaired) electrons. The molecular formula is C19H19FN8. The van der Waals surface area contributed by atoms with Crippen LogP contribution in [0, 0.1) is 0 Å². The van der Waals surface area contributed by atoms with Gasteiger partial charge >= 0.3 is 0 Å². The van der Waals surface area contributed by atoms with E-state index in [1.165, 1.54) is 0 Å².